The first-order chi connectivity index (χ1) is 8.91. The van der Waals surface area contributed by atoms with Crippen molar-refractivity contribution in [3.05, 3.63) is 59.2 Å². The van der Waals surface area contributed by atoms with Gasteiger partial charge in [0.15, 0.2) is 0 Å². The van der Waals surface area contributed by atoms with Gasteiger partial charge in [-0.1, -0.05) is 30.3 Å². The van der Waals surface area contributed by atoms with E-state index in [9.17, 15) is 13.2 Å². The van der Waals surface area contributed by atoms with Gasteiger partial charge in [-0.25, -0.2) is 0 Å². The summed E-state index contributed by atoms with van der Waals surface area (Å²) in [7, 11) is 0. The Labute approximate surface area is 109 Å². The van der Waals surface area contributed by atoms with E-state index >= 15 is 0 Å². The highest BCUT2D eigenvalue weighted by molar-refractivity contribution is 5.67. The highest BCUT2D eigenvalue weighted by Gasteiger charge is 2.30. The van der Waals surface area contributed by atoms with Crippen molar-refractivity contribution < 1.29 is 13.2 Å². The van der Waals surface area contributed by atoms with Crippen molar-refractivity contribution >= 4 is 0 Å². The Hall–Kier alpha value is -1.81. The molecular weight excluding hydrogens is 251 g/mol. The van der Waals surface area contributed by atoms with Crippen molar-refractivity contribution in [1.82, 2.24) is 0 Å². The van der Waals surface area contributed by atoms with Crippen molar-refractivity contribution in [2.75, 3.05) is 0 Å². The highest BCUT2D eigenvalue weighted by atomic mass is 19.4. The van der Waals surface area contributed by atoms with Crippen molar-refractivity contribution in [2.24, 2.45) is 5.73 Å². The SMILES string of the molecule is Cc1cc(C(F)(F)F)ccc1-c1ccc(CN)cc1. The van der Waals surface area contributed by atoms with Gasteiger partial charge in [-0.3, -0.25) is 0 Å². The fraction of sp³-hybridized carbons (Fsp3) is 0.200. The largest absolute Gasteiger partial charge is 0.416 e. The molecule has 0 radical (unpaired) electrons. The normalized spacial score (nSPS) is 11.6. The average Bonchev–Trinajstić information content (AvgIpc) is 2.38. The van der Waals surface area contributed by atoms with Crippen LogP contribution in [0, 0.1) is 6.92 Å². The van der Waals surface area contributed by atoms with E-state index in [0.717, 1.165) is 22.8 Å². The van der Waals surface area contributed by atoms with E-state index in [0.29, 0.717) is 12.1 Å². The van der Waals surface area contributed by atoms with Crippen molar-refractivity contribution in [2.45, 2.75) is 19.6 Å². The number of benzene rings is 2. The van der Waals surface area contributed by atoms with Gasteiger partial charge in [-0.05, 0) is 41.3 Å². The highest BCUT2D eigenvalue weighted by Crippen LogP contribution is 2.33. The molecule has 0 aliphatic heterocycles. The molecule has 0 unspecified atom stereocenters. The van der Waals surface area contributed by atoms with E-state index in [1.165, 1.54) is 12.1 Å². The minimum atomic E-state index is -4.30. The molecule has 2 N–H and O–H groups in total. The molecule has 1 nitrogen and oxygen atoms in total. The molecule has 2 aromatic carbocycles. The van der Waals surface area contributed by atoms with Crippen molar-refractivity contribution in [3.8, 4) is 11.1 Å². The second-order valence-electron chi connectivity index (χ2n) is 4.43. The fourth-order valence-electron chi connectivity index (χ4n) is 1.98. The minimum absolute atomic E-state index is 0.451. The molecule has 2 rings (SSSR count). The molecular formula is C15H14F3N. The first-order valence-electron chi connectivity index (χ1n) is 5.89. The third kappa shape index (κ3) is 2.96. The number of alkyl halides is 3. The molecule has 0 atom stereocenters. The second kappa shape index (κ2) is 5.05. The molecule has 0 saturated carbocycles. The Morgan fingerprint density at radius 1 is 1.00 bits per heavy atom. The van der Waals surface area contributed by atoms with Crippen LogP contribution in [0.3, 0.4) is 0 Å². The Bertz CT molecular complexity index is 571. The zero-order valence-electron chi connectivity index (χ0n) is 10.5. The summed E-state index contributed by atoms with van der Waals surface area (Å²) >= 11 is 0. The van der Waals surface area contributed by atoms with Gasteiger partial charge in [0.1, 0.15) is 0 Å². The molecule has 100 valence electrons. The summed E-state index contributed by atoms with van der Waals surface area (Å²) in [6.07, 6.45) is -4.30. The minimum Gasteiger partial charge on any atom is -0.326 e. The van der Waals surface area contributed by atoms with E-state index in [1.54, 1.807) is 6.92 Å². The zero-order valence-corrected chi connectivity index (χ0v) is 10.5. The quantitative estimate of drug-likeness (QED) is 0.867. The maximum absolute atomic E-state index is 12.6. The molecule has 0 aliphatic rings. The van der Waals surface area contributed by atoms with E-state index < -0.39 is 11.7 Å². The number of hydrogen-bond acceptors (Lipinski definition) is 1. The van der Waals surface area contributed by atoms with Crippen LogP contribution in [0.4, 0.5) is 13.2 Å². The summed E-state index contributed by atoms with van der Waals surface area (Å²) in [5.41, 5.74) is 8.19. The van der Waals surface area contributed by atoms with Gasteiger partial charge in [-0.15, -0.1) is 0 Å². The molecule has 2 aromatic rings. The van der Waals surface area contributed by atoms with Gasteiger partial charge >= 0.3 is 6.18 Å². The average molecular weight is 265 g/mol. The van der Waals surface area contributed by atoms with E-state index in [-0.39, 0.29) is 0 Å². The van der Waals surface area contributed by atoms with Crippen LogP contribution in [0.25, 0.3) is 11.1 Å². The Morgan fingerprint density at radius 2 is 1.63 bits per heavy atom. The molecule has 0 bridgehead atoms. The van der Waals surface area contributed by atoms with Crippen LogP contribution in [0.15, 0.2) is 42.5 Å². The molecule has 0 amide bonds. The van der Waals surface area contributed by atoms with Crippen molar-refractivity contribution in [3.63, 3.8) is 0 Å². The molecule has 0 heterocycles. The second-order valence-corrected chi connectivity index (χ2v) is 4.43. The lowest BCUT2D eigenvalue weighted by molar-refractivity contribution is -0.137. The third-order valence-corrected chi connectivity index (χ3v) is 3.05. The molecule has 4 heteroatoms. The van der Waals surface area contributed by atoms with Gasteiger partial charge in [-0.2, -0.15) is 13.2 Å². The fourth-order valence-corrected chi connectivity index (χ4v) is 1.98. The Morgan fingerprint density at radius 3 is 2.11 bits per heavy atom. The number of aryl methyl sites for hydroxylation is 1. The maximum atomic E-state index is 12.6. The van der Waals surface area contributed by atoms with Crippen LogP contribution in [0.1, 0.15) is 16.7 Å². The van der Waals surface area contributed by atoms with Crippen LogP contribution in [-0.2, 0) is 12.7 Å². The zero-order chi connectivity index (χ0) is 14.0. The lowest BCUT2D eigenvalue weighted by atomic mass is 9.97. The maximum Gasteiger partial charge on any atom is 0.416 e. The van der Waals surface area contributed by atoms with E-state index in [4.69, 9.17) is 5.73 Å². The Balaban J connectivity index is 2.40. The first kappa shape index (κ1) is 13.6. The summed E-state index contributed by atoms with van der Waals surface area (Å²) in [5.74, 6) is 0. The van der Waals surface area contributed by atoms with Gasteiger partial charge in [0.2, 0.25) is 0 Å². The van der Waals surface area contributed by atoms with Gasteiger partial charge in [0.25, 0.3) is 0 Å². The summed E-state index contributed by atoms with van der Waals surface area (Å²) in [6.45, 7) is 2.13. The molecule has 0 fully saturated rings. The summed E-state index contributed by atoms with van der Waals surface area (Å²) in [6, 6.07) is 11.3. The van der Waals surface area contributed by atoms with Gasteiger partial charge < -0.3 is 5.73 Å². The van der Waals surface area contributed by atoms with E-state index in [1.807, 2.05) is 24.3 Å². The number of nitrogens with two attached hydrogens (primary N) is 1. The molecule has 0 aliphatic carbocycles. The molecule has 0 aromatic heterocycles. The van der Waals surface area contributed by atoms with Crippen molar-refractivity contribution in [1.29, 1.82) is 0 Å². The summed E-state index contributed by atoms with van der Waals surface area (Å²) in [5, 5.41) is 0. The van der Waals surface area contributed by atoms with Crippen LogP contribution in [0.2, 0.25) is 0 Å². The smallest absolute Gasteiger partial charge is 0.326 e. The van der Waals surface area contributed by atoms with Crippen LogP contribution < -0.4 is 5.73 Å². The summed E-state index contributed by atoms with van der Waals surface area (Å²) in [4.78, 5) is 0. The molecule has 0 spiro atoms. The predicted octanol–water partition coefficient (Wildman–Crippen LogP) is 4.14. The number of hydrogen-bond donors (Lipinski definition) is 1. The van der Waals surface area contributed by atoms with Crippen LogP contribution in [-0.4, -0.2) is 0 Å². The van der Waals surface area contributed by atoms with Crippen LogP contribution in [0.5, 0.6) is 0 Å². The third-order valence-electron chi connectivity index (χ3n) is 3.05. The number of rotatable bonds is 2. The first-order valence-corrected chi connectivity index (χ1v) is 5.89. The standard InChI is InChI=1S/C15H14F3N/c1-10-8-13(15(16,17)18)6-7-14(10)12-4-2-11(9-19)3-5-12/h2-8H,9,19H2,1H3. The predicted molar refractivity (Wildman–Crippen MR) is 69.5 cm³/mol. The topological polar surface area (TPSA) is 26.0 Å². The van der Waals surface area contributed by atoms with E-state index in [2.05, 4.69) is 0 Å². The van der Waals surface area contributed by atoms with Gasteiger partial charge in [0, 0.05) is 6.54 Å². The molecule has 0 saturated heterocycles. The summed E-state index contributed by atoms with van der Waals surface area (Å²) < 4.78 is 37.8. The molecule has 19 heavy (non-hydrogen) atoms. The lowest BCUT2D eigenvalue weighted by Gasteiger charge is -2.11. The number of halogens is 3. The Kier molecular flexibility index (Phi) is 3.62. The van der Waals surface area contributed by atoms with Gasteiger partial charge in [0.05, 0.1) is 5.56 Å². The van der Waals surface area contributed by atoms with Crippen LogP contribution >= 0.6 is 0 Å². The lowest BCUT2D eigenvalue weighted by Crippen LogP contribution is -2.05. The monoisotopic (exact) mass is 265 g/mol.